The van der Waals surface area contributed by atoms with E-state index >= 15 is 0 Å². The van der Waals surface area contributed by atoms with Crippen molar-refractivity contribution >= 4 is 15.9 Å². The van der Waals surface area contributed by atoms with Crippen molar-refractivity contribution in [3.63, 3.8) is 0 Å². The molecule has 0 saturated heterocycles. The van der Waals surface area contributed by atoms with Gasteiger partial charge in [0.15, 0.2) is 0 Å². The lowest BCUT2D eigenvalue weighted by molar-refractivity contribution is 0.191. The maximum atomic E-state index is 5.92. The Bertz CT molecular complexity index is 339. The van der Waals surface area contributed by atoms with Crippen LogP contribution in [0.25, 0.3) is 0 Å². The molecule has 2 N–H and O–H groups in total. The average molecular weight is 286 g/mol. The number of hydrogen-bond donors (Lipinski definition) is 1. The number of ether oxygens (including phenoxy) is 1. The van der Waals surface area contributed by atoms with E-state index in [-0.39, 0.29) is 6.10 Å². The lowest BCUT2D eigenvalue weighted by Crippen LogP contribution is -2.16. The van der Waals surface area contributed by atoms with E-state index in [1.165, 1.54) is 0 Å². The highest BCUT2D eigenvalue weighted by atomic mass is 79.9. The lowest BCUT2D eigenvalue weighted by atomic mass is 10.1. The first-order chi connectivity index (χ1) is 7.54. The number of nitrogens with two attached hydrogens (primary N) is 1. The average Bonchev–Trinajstić information content (AvgIpc) is 2.16. The number of rotatable bonds is 5. The van der Waals surface area contributed by atoms with Gasteiger partial charge in [0.1, 0.15) is 5.75 Å². The molecule has 0 radical (unpaired) electrons. The van der Waals surface area contributed by atoms with Crippen LogP contribution in [0.4, 0.5) is 0 Å². The fourth-order valence-corrected chi connectivity index (χ4v) is 2.29. The Labute approximate surface area is 106 Å². The van der Waals surface area contributed by atoms with Crippen LogP contribution in [0.3, 0.4) is 0 Å². The quantitative estimate of drug-likeness (QED) is 0.895. The Morgan fingerprint density at radius 3 is 2.56 bits per heavy atom. The standard InChI is InChI=1S/C13H20BrNO/c1-9(2)7-10(3)16-13-6-4-5-12(14)11(13)8-15/h4-6,9-10H,7-8,15H2,1-3H3. The molecule has 2 nitrogen and oxygen atoms in total. The molecule has 0 aliphatic heterocycles. The third kappa shape index (κ3) is 3.80. The third-order valence-corrected chi connectivity index (χ3v) is 3.15. The number of hydrogen-bond acceptors (Lipinski definition) is 2. The van der Waals surface area contributed by atoms with Gasteiger partial charge in [-0.25, -0.2) is 0 Å². The summed E-state index contributed by atoms with van der Waals surface area (Å²) in [5.74, 6) is 1.54. The Morgan fingerprint density at radius 1 is 1.31 bits per heavy atom. The second-order valence-corrected chi connectivity index (χ2v) is 5.33. The number of halogens is 1. The van der Waals surface area contributed by atoms with E-state index in [1.54, 1.807) is 0 Å². The summed E-state index contributed by atoms with van der Waals surface area (Å²) < 4.78 is 6.94. The fraction of sp³-hybridized carbons (Fsp3) is 0.538. The highest BCUT2D eigenvalue weighted by Gasteiger charge is 2.11. The minimum Gasteiger partial charge on any atom is -0.490 e. The first-order valence-corrected chi connectivity index (χ1v) is 6.48. The molecule has 0 spiro atoms. The van der Waals surface area contributed by atoms with Crippen LogP contribution in [-0.2, 0) is 6.54 Å². The monoisotopic (exact) mass is 285 g/mol. The van der Waals surface area contributed by atoms with Gasteiger partial charge in [0.05, 0.1) is 6.10 Å². The Kier molecular flexibility index (Phi) is 5.29. The molecule has 1 aromatic carbocycles. The maximum Gasteiger partial charge on any atom is 0.125 e. The van der Waals surface area contributed by atoms with E-state index in [2.05, 4.69) is 36.7 Å². The van der Waals surface area contributed by atoms with Crippen molar-refractivity contribution in [2.45, 2.75) is 39.8 Å². The van der Waals surface area contributed by atoms with Gasteiger partial charge in [-0.05, 0) is 31.4 Å². The second-order valence-electron chi connectivity index (χ2n) is 4.48. The molecule has 1 rings (SSSR count). The smallest absolute Gasteiger partial charge is 0.125 e. The molecular formula is C13H20BrNO. The molecule has 0 bridgehead atoms. The van der Waals surface area contributed by atoms with Crippen molar-refractivity contribution in [2.24, 2.45) is 11.7 Å². The zero-order valence-electron chi connectivity index (χ0n) is 10.2. The van der Waals surface area contributed by atoms with Crippen LogP contribution in [0.5, 0.6) is 5.75 Å². The lowest BCUT2D eigenvalue weighted by Gasteiger charge is -2.19. The molecule has 1 aromatic rings. The third-order valence-electron chi connectivity index (χ3n) is 2.41. The van der Waals surface area contributed by atoms with E-state index in [0.29, 0.717) is 12.5 Å². The predicted molar refractivity (Wildman–Crippen MR) is 71.6 cm³/mol. The van der Waals surface area contributed by atoms with Crippen molar-refractivity contribution in [1.29, 1.82) is 0 Å². The highest BCUT2D eigenvalue weighted by Crippen LogP contribution is 2.27. The molecule has 1 unspecified atom stereocenters. The molecule has 0 aliphatic carbocycles. The molecule has 3 heteroatoms. The zero-order valence-corrected chi connectivity index (χ0v) is 11.8. The van der Waals surface area contributed by atoms with Gasteiger partial charge in [0, 0.05) is 16.6 Å². The van der Waals surface area contributed by atoms with Crippen LogP contribution in [0.2, 0.25) is 0 Å². The summed E-state index contributed by atoms with van der Waals surface area (Å²) in [5, 5.41) is 0. The Morgan fingerprint density at radius 2 is 2.00 bits per heavy atom. The first kappa shape index (κ1) is 13.5. The van der Waals surface area contributed by atoms with Gasteiger partial charge < -0.3 is 10.5 Å². The van der Waals surface area contributed by atoms with Crippen molar-refractivity contribution in [1.82, 2.24) is 0 Å². The second kappa shape index (κ2) is 6.26. The van der Waals surface area contributed by atoms with E-state index < -0.39 is 0 Å². The molecule has 16 heavy (non-hydrogen) atoms. The van der Waals surface area contributed by atoms with Crippen LogP contribution in [0.15, 0.2) is 22.7 Å². The molecule has 0 amide bonds. The molecule has 90 valence electrons. The van der Waals surface area contributed by atoms with Crippen molar-refractivity contribution in [2.75, 3.05) is 0 Å². The summed E-state index contributed by atoms with van der Waals surface area (Å²) >= 11 is 3.49. The first-order valence-electron chi connectivity index (χ1n) is 5.68. The minimum atomic E-state index is 0.222. The van der Waals surface area contributed by atoms with Crippen LogP contribution >= 0.6 is 15.9 Å². The van der Waals surface area contributed by atoms with Gasteiger partial charge in [-0.3, -0.25) is 0 Å². The molecule has 1 atom stereocenters. The molecule has 0 fully saturated rings. The summed E-state index contributed by atoms with van der Waals surface area (Å²) in [4.78, 5) is 0. The van der Waals surface area contributed by atoms with Crippen molar-refractivity contribution in [3.8, 4) is 5.75 Å². The van der Waals surface area contributed by atoms with Crippen molar-refractivity contribution < 1.29 is 4.74 Å². The van der Waals surface area contributed by atoms with Crippen LogP contribution in [0, 0.1) is 5.92 Å². The SMILES string of the molecule is CC(C)CC(C)Oc1cccc(Br)c1CN. The molecule has 0 saturated carbocycles. The van der Waals surface area contributed by atoms with E-state index in [9.17, 15) is 0 Å². The van der Waals surface area contributed by atoms with Crippen LogP contribution < -0.4 is 10.5 Å². The summed E-state index contributed by atoms with van der Waals surface area (Å²) in [7, 11) is 0. The largest absolute Gasteiger partial charge is 0.490 e. The molecule has 0 aliphatic rings. The molecule has 0 aromatic heterocycles. The Hall–Kier alpha value is -0.540. The van der Waals surface area contributed by atoms with Crippen LogP contribution in [0.1, 0.15) is 32.8 Å². The topological polar surface area (TPSA) is 35.2 Å². The summed E-state index contributed by atoms with van der Waals surface area (Å²) in [5.41, 5.74) is 6.76. The van der Waals surface area contributed by atoms with Crippen LogP contribution in [-0.4, -0.2) is 6.10 Å². The van der Waals surface area contributed by atoms with Gasteiger partial charge in [0.25, 0.3) is 0 Å². The zero-order chi connectivity index (χ0) is 12.1. The maximum absolute atomic E-state index is 5.92. The van der Waals surface area contributed by atoms with E-state index in [1.807, 2.05) is 18.2 Å². The highest BCUT2D eigenvalue weighted by molar-refractivity contribution is 9.10. The van der Waals surface area contributed by atoms with Gasteiger partial charge in [-0.2, -0.15) is 0 Å². The minimum absolute atomic E-state index is 0.222. The summed E-state index contributed by atoms with van der Waals surface area (Å²) in [6.07, 6.45) is 1.27. The number of benzene rings is 1. The fourth-order valence-electron chi connectivity index (χ4n) is 1.78. The normalized spacial score (nSPS) is 12.9. The molecular weight excluding hydrogens is 266 g/mol. The molecule has 0 heterocycles. The van der Waals surface area contributed by atoms with E-state index in [4.69, 9.17) is 10.5 Å². The van der Waals surface area contributed by atoms with Gasteiger partial charge in [0.2, 0.25) is 0 Å². The van der Waals surface area contributed by atoms with Gasteiger partial charge in [-0.1, -0.05) is 35.8 Å². The van der Waals surface area contributed by atoms with Gasteiger partial charge >= 0.3 is 0 Å². The van der Waals surface area contributed by atoms with E-state index in [0.717, 1.165) is 22.2 Å². The van der Waals surface area contributed by atoms with Crippen molar-refractivity contribution in [3.05, 3.63) is 28.2 Å². The predicted octanol–water partition coefficient (Wildman–Crippen LogP) is 3.72. The summed E-state index contributed by atoms with van der Waals surface area (Å²) in [6.45, 7) is 6.99. The Balaban J connectivity index is 2.76. The summed E-state index contributed by atoms with van der Waals surface area (Å²) in [6, 6.07) is 5.94. The van der Waals surface area contributed by atoms with Gasteiger partial charge in [-0.15, -0.1) is 0 Å².